The molecule has 8 aromatic rings. The molecule has 0 spiro atoms. The Morgan fingerprint density at radius 2 is 0.849 bits per heavy atom. The second-order valence-corrected chi connectivity index (χ2v) is 14.9. The summed E-state index contributed by atoms with van der Waals surface area (Å²) in [6, 6.07) is 56.6. The van der Waals surface area contributed by atoms with Gasteiger partial charge < -0.3 is 0 Å². The van der Waals surface area contributed by atoms with Crippen molar-refractivity contribution >= 4 is 0 Å². The normalized spacial score (nSPS) is 13.3. The molecule has 53 heavy (non-hydrogen) atoms. The van der Waals surface area contributed by atoms with Gasteiger partial charge in [0, 0.05) is 22.1 Å². The van der Waals surface area contributed by atoms with E-state index in [0.29, 0.717) is 17.5 Å². The first-order chi connectivity index (χ1) is 25.9. The van der Waals surface area contributed by atoms with Crippen molar-refractivity contribution in [2.75, 3.05) is 0 Å². The predicted molar refractivity (Wildman–Crippen MR) is 218 cm³/mol. The van der Waals surface area contributed by atoms with Gasteiger partial charge in [-0.1, -0.05) is 165 Å². The van der Waals surface area contributed by atoms with E-state index in [-0.39, 0.29) is 5.41 Å². The Labute approximate surface area is 310 Å². The number of nitrogens with zero attached hydrogens (tertiary/aromatic N) is 3. The zero-order valence-electron chi connectivity index (χ0n) is 30.1. The van der Waals surface area contributed by atoms with E-state index in [1.165, 1.54) is 66.8 Å². The van der Waals surface area contributed by atoms with E-state index in [9.17, 15) is 0 Å². The summed E-state index contributed by atoms with van der Waals surface area (Å²) in [5.74, 6) is 2.00. The van der Waals surface area contributed by atoms with E-state index in [1.807, 2.05) is 18.2 Å². The van der Waals surface area contributed by atoms with Crippen LogP contribution in [0.3, 0.4) is 0 Å². The highest BCUT2D eigenvalue weighted by Gasteiger charge is 2.38. The third-order valence-electron chi connectivity index (χ3n) is 11.2. The fourth-order valence-electron chi connectivity index (χ4n) is 8.79. The molecular formula is C50H37N3. The van der Waals surface area contributed by atoms with E-state index in [1.54, 1.807) is 0 Å². The Morgan fingerprint density at radius 3 is 1.55 bits per heavy atom. The van der Waals surface area contributed by atoms with E-state index >= 15 is 0 Å². The number of hydrogen-bond acceptors (Lipinski definition) is 3. The van der Waals surface area contributed by atoms with E-state index in [4.69, 9.17) is 15.0 Å². The zero-order valence-corrected chi connectivity index (χ0v) is 30.1. The molecule has 2 aliphatic carbocycles. The average Bonchev–Trinajstić information content (AvgIpc) is 3.70. The monoisotopic (exact) mass is 679 g/mol. The number of hydrogen-bond donors (Lipinski definition) is 0. The van der Waals surface area contributed by atoms with Crippen LogP contribution < -0.4 is 0 Å². The minimum Gasteiger partial charge on any atom is -0.208 e. The molecule has 3 heteroatoms. The van der Waals surface area contributed by atoms with Crippen molar-refractivity contribution in [2.24, 2.45) is 0 Å². The lowest BCUT2D eigenvalue weighted by Gasteiger charge is -2.25. The second-order valence-electron chi connectivity index (χ2n) is 14.9. The fourth-order valence-corrected chi connectivity index (χ4v) is 8.79. The molecule has 0 radical (unpaired) electrons. The molecule has 1 aromatic heterocycles. The van der Waals surface area contributed by atoms with Gasteiger partial charge in [0.15, 0.2) is 17.5 Å². The molecule has 3 nitrogen and oxygen atoms in total. The van der Waals surface area contributed by atoms with Crippen LogP contribution in [-0.2, 0) is 11.8 Å². The van der Waals surface area contributed by atoms with Crippen molar-refractivity contribution in [1.29, 1.82) is 0 Å². The highest BCUT2D eigenvalue weighted by Crippen LogP contribution is 2.54. The molecule has 2 aliphatic rings. The summed E-state index contributed by atoms with van der Waals surface area (Å²) in [4.78, 5) is 15.0. The minimum absolute atomic E-state index is 0.0864. The lowest BCUT2D eigenvalue weighted by Crippen LogP contribution is -2.16. The Bertz CT molecular complexity index is 2740. The van der Waals surface area contributed by atoms with Crippen molar-refractivity contribution in [3.63, 3.8) is 0 Å². The molecule has 7 aromatic carbocycles. The Balaban J connectivity index is 1.07. The first-order valence-corrected chi connectivity index (χ1v) is 18.4. The maximum atomic E-state index is 5.06. The van der Waals surface area contributed by atoms with Crippen LogP contribution in [0.15, 0.2) is 158 Å². The number of rotatable bonds is 5. The Kier molecular flexibility index (Phi) is 7.13. The van der Waals surface area contributed by atoms with Gasteiger partial charge in [-0.05, 0) is 92.2 Å². The summed E-state index contributed by atoms with van der Waals surface area (Å²) in [6.07, 6.45) is 0.875. The summed E-state index contributed by atoms with van der Waals surface area (Å²) in [6.45, 7) is 6.85. The van der Waals surface area contributed by atoms with Crippen molar-refractivity contribution < 1.29 is 0 Å². The van der Waals surface area contributed by atoms with Crippen LogP contribution >= 0.6 is 0 Å². The average molecular weight is 680 g/mol. The largest absolute Gasteiger partial charge is 0.208 e. The molecule has 0 N–H and O–H groups in total. The number of benzene rings is 7. The summed E-state index contributed by atoms with van der Waals surface area (Å²) in [5.41, 5.74) is 20.0. The quantitative estimate of drug-likeness (QED) is 0.182. The molecule has 1 heterocycles. The van der Waals surface area contributed by atoms with Crippen LogP contribution in [0.1, 0.15) is 41.7 Å². The SMILES string of the molecule is Cc1cccc(-c2nc(-c3ccccc3)nc(-c3cccc(-c4cccc5c4Cc4c-5cccc4-c4cccc5c4C(C)(C)c4ccccc4-5)c3)n2)c1. The standard InChI is InChI=1S/C50H37N3/c1-31-14-9-18-34(28-31)48-51-47(32-15-5-4-6-16-32)52-49(53-48)35-19-10-17-33(29-35)36-21-11-22-37-38-23-12-24-39(44(38)30-43(36)37)41-25-13-26-42-40-20-7-8-27-45(40)50(2,3)46(41)42/h4-29H,30H2,1-3H3. The van der Waals surface area contributed by atoms with Gasteiger partial charge >= 0.3 is 0 Å². The van der Waals surface area contributed by atoms with Gasteiger partial charge in [-0.25, -0.2) is 15.0 Å². The molecule has 0 amide bonds. The van der Waals surface area contributed by atoms with Crippen LogP contribution in [0.5, 0.6) is 0 Å². The van der Waals surface area contributed by atoms with Crippen molar-refractivity contribution in [2.45, 2.75) is 32.6 Å². The topological polar surface area (TPSA) is 38.7 Å². The summed E-state index contributed by atoms with van der Waals surface area (Å²) in [7, 11) is 0. The van der Waals surface area contributed by atoms with Crippen molar-refractivity contribution in [3.8, 4) is 78.7 Å². The Morgan fingerprint density at radius 1 is 0.396 bits per heavy atom. The maximum Gasteiger partial charge on any atom is 0.164 e. The van der Waals surface area contributed by atoms with Gasteiger partial charge in [0.1, 0.15) is 0 Å². The molecule has 0 aliphatic heterocycles. The number of aryl methyl sites for hydroxylation is 1. The third-order valence-corrected chi connectivity index (χ3v) is 11.2. The molecule has 10 rings (SSSR count). The molecular weight excluding hydrogens is 643 g/mol. The van der Waals surface area contributed by atoms with Gasteiger partial charge in [-0.2, -0.15) is 0 Å². The van der Waals surface area contributed by atoms with Crippen molar-refractivity contribution in [3.05, 3.63) is 186 Å². The highest BCUT2D eigenvalue weighted by atomic mass is 15.0. The minimum atomic E-state index is -0.0864. The van der Waals surface area contributed by atoms with Gasteiger partial charge in [0.25, 0.3) is 0 Å². The fraction of sp³-hybridized carbons (Fsp3) is 0.100. The summed E-state index contributed by atoms with van der Waals surface area (Å²) < 4.78 is 0. The van der Waals surface area contributed by atoms with Crippen LogP contribution in [0, 0.1) is 6.92 Å². The second kappa shape index (κ2) is 12.1. The van der Waals surface area contributed by atoms with Gasteiger partial charge in [0.2, 0.25) is 0 Å². The molecule has 0 saturated heterocycles. The molecule has 0 atom stereocenters. The summed E-state index contributed by atoms with van der Waals surface area (Å²) in [5, 5.41) is 0. The van der Waals surface area contributed by atoms with E-state index in [2.05, 4.69) is 160 Å². The van der Waals surface area contributed by atoms with Crippen LogP contribution in [0.25, 0.3) is 78.7 Å². The molecule has 0 unspecified atom stereocenters. The lowest BCUT2D eigenvalue weighted by molar-refractivity contribution is 0.662. The molecule has 0 fully saturated rings. The van der Waals surface area contributed by atoms with Crippen LogP contribution in [-0.4, -0.2) is 15.0 Å². The maximum absolute atomic E-state index is 5.06. The predicted octanol–water partition coefficient (Wildman–Crippen LogP) is 12.4. The smallest absolute Gasteiger partial charge is 0.164 e. The van der Waals surface area contributed by atoms with Crippen molar-refractivity contribution in [1.82, 2.24) is 15.0 Å². The Hall–Kier alpha value is -6.45. The zero-order chi connectivity index (χ0) is 35.7. The van der Waals surface area contributed by atoms with Crippen LogP contribution in [0.2, 0.25) is 0 Å². The van der Waals surface area contributed by atoms with E-state index in [0.717, 1.165) is 28.7 Å². The molecule has 0 bridgehead atoms. The van der Waals surface area contributed by atoms with E-state index < -0.39 is 0 Å². The first-order valence-electron chi connectivity index (χ1n) is 18.4. The summed E-state index contributed by atoms with van der Waals surface area (Å²) >= 11 is 0. The lowest BCUT2D eigenvalue weighted by atomic mass is 9.78. The molecule has 252 valence electrons. The van der Waals surface area contributed by atoms with Gasteiger partial charge in [-0.3, -0.25) is 0 Å². The highest BCUT2D eigenvalue weighted by molar-refractivity contribution is 5.94. The van der Waals surface area contributed by atoms with Gasteiger partial charge in [0.05, 0.1) is 0 Å². The first kappa shape index (κ1) is 31.3. The number of aromatic nitrogens is 3. The number of fused-ring (bicyclic) bond motifs is 6. The van der Waals surface area contributed by atoms with Crippen LogP contribution in [0.4, 0.5) is 0 Å². The third kappa shape index (κ3) is 5.07. The molecule has 0 saturated carbocycles. The van der Waals surface area contributed by atoms with Gasteiger partial charge in [-0.15, -0.1) is 0 Å².